The van der Waals surface area contributed by atoms with Gasteiger partial charge in [-0.1, -0.05) is 21.1 Å². The maximum Gasteiger partial charge on any atom is 0.278 e. The number of aryl methyl sites for hydroxylation is 1. The van der Waals surface area contributed by atoms with Gasteiger partial charge in [0.05, 0.1) is 5.69 Å². The molecule has 0 spiro atoms. The number of nitrogens with zero attached hydrogens (tertiary/aromatic N) is 1. The maximum atomic E-state index is 13.9. The Balaban J connectivity index is 1.66. The molecule has 0 atom stereocenters. The van der Waals surface area contributed by atoms with Crippen LogP contribution in [0.3, 0.4) is 0 Å². The molecule has 0 fully saturated rings. The third-order valence-electron chi connectivity index (χ3n) is 3.77. The Morgan fingerprint density at radius 1 is 1.35 bits per heavy atom. The highest BCUT2D eigenvalue weighted by Gasteiger charge is 2.28. The van der Waals surface area contributed by atoms with E-state index in [9.17, 15) is 9.18 Å². The first kappa shape index (κ1) is 14.6. The Kier molecular flexibility index (Phi) is 3.54. The van der Waals surface area contributed by atoms with Gasteiger partial charge in [0.25, 0.3) is 5.91 Å². The lowest BCUT2D eigenvalue weighted by Crippen LogP contribution is -2.16. The summed E-state index contributed by atoms with van der Waals surface area (Å²) in [5.41, 5.74) is 2.12. The third-order valence-corrected chi connectivity index (χ3v) is 5.25. The number of thiophene rings is 1. The van der Waals surface area contributed by atoms with Gasteiger partial charge in [-0.25, -0.2) is 4.39 Å². The molecule has 0 radical (unpaired) electrons. The molecule has 3 aromatic rings. The van der Waals surface area contributed by atoms with Gasteiger partial charge in [-0.05, 0) is 42.5 Å². The van der Waals surface area contributed by atoms with Gasteiger partial charge >= 0.3 is 0 Å². The summed E-state index contributed by atoms with van der Waals surface area (Å²) in [6, 6.07) is 6.43. The molecule has 4 rings (SSSR count). The second kappa shape index (κ2) is 5.58. The van der Waals surface area contributed by atoms with Crippen LogP contribution in [0, 0.1) is 5.82 Å². The first-order valence-electron chi connectivity index (χ1n) is 6.95. The summed E-state index contributed by atoms with van der Waals surface area (Å²) in [6.07, 6.45) is 1.55. The summed E-state index contributed by atoms with van der Waals surface area (Å²) >= 11 is 4.85. The minimum atomic E-state index is -0.509. The molecule has 2 heterocycles. The predicted molar refractivity (Wildman–Crippen MR) is 89.3 cm³/mol. The SMILES string of the molecule is O=C(Nc1ccc(Br)cc1F)c1noc2c1CCc1sccc1-2. The van der Waals surface area contributed by atoms with Gasteiger partial charge in [0.1, 0.15) is 5.82 Å². The number of carbonyl (C=O) groups excluding carboxylic acids is 1. The van der Waals surface area contributed by atoms with E-state index in [2.05, 4.69) is 26.4 Å². The Morgan fingerprint density at radius 2 is 2.22 bits per heavy atom. The molecule has 1 aliphatic carbocycles. The van der Waals surface area contributed by atoms with E-state index >= 15 is 0 Å². The van der Waals surface area contributed by atoms with Gasteiger partial charge in [-0.3, -0.25) is 4.79 Å². The number of nitrogens with one attached hydrogen (secondary N) is 1. The monoisotopic (exact) mass is 392 g/mol. The number of fused-ring (bicyclic) bond motifs is 3. The van der Waals surface area contributed by atoms with Crippen LogP contribution in [0.4, 0.5) is 10.1 Å². The van der Waals surface area contributed by atoms with E-state index in [-0.39, 0.29) is 11.4 Å². The van der Waals surface area contributed by atoms with Crippen LogP contribution in [-0.4, -0.2) is 11.1 Å². The van der Waals surface area contributed by atoms with E-state index in [1.165, 1.54) is 17.0 Å². The summed E-state index contributed by atoms with van der Waals surface area (Å²) in [5.74, 6) is -0.325. The lowest BCUT2D eigenvalue weighted by Gasteiger charge is -2.10. The molecule has 23 heavy (non-hydrogen) atoms. The number of hydrogen-bond acceptors (Lipinski definition) is 4. The molecule has 1 aromatic carbocycles. The number of benzene rings is 1. The standard InChI is InChI=1S/C16H10BrFN2O2S/c17-8-1-3-12(11(18)7-8)19-16(21)14-10-2-4-13-9(5-6-23-13)15(10)22-20-14/h1,3,5-7H,2,4H2,(H,19,21). The molecule has 1 aliphatic rings. The highest BCUT2D eigenvalue weighted by atomic mass is 79.9. The zero-order chi connectivity index (χ0) is 16.0. The highest BCUT2D eigenvalue weighted by Crippen LogP contribution is 2.38. The molecule has 0 unspecified atom stereocenters. The van der Waals surface area contributed by atoms with Crippen molar-refractivity contribution in [2.24, 2.45) is 0 Å². The predicted octanol–water partition coefficient (Wildman–Crippen LogP) is 4.66. The van der Waals surface area contributed by atoms with Crippen LogP contribution < -0.4 is 5.32 Å². The molecular formula is C16H10BrFN2O2S. The molecule has 0 aliphatic heterocycles. The van der Waals surface area contributed by atoms with Crippen LogP contribution in [-0.2, 0) is 12.8 Å². The van der Waals surface area contributed by atoms with Crippen molar-refractivity contribution in [2.75, 3.05) is 5.32 Å². The van der Waals surface area contributed by atoms with Gasteiger partial charge in [-0.15, -0.1) is 11.3 Å². The quantitative estimate of drug-likeness (QED) is 0.689. The summed E-state index contributed by atoms with van der Waals surface area (Å²) in [4.78, 5) is 13.7. The topological polar surface area (TPSA) is 55.1 Å². The molecule has 0 bridgehead atoms. The fraction of sp³-hybridized carbons (Fsp3) is 0.125. The van der Waals surface area contributed by atoms with Crippen LogP contribution in [0.1, 0.15) is 20.9 Å². The number of halogens is 2. The van der Waals surface area contributed by atoms with Crippen molar-refractivity contribution in [2.45, 2.75) is 12.8 Å². The number of rotatable bonds is 2. The van der Waals surface area contributed by atoms with Crippen molar-refractivity contribution < 1.29 is 13.7 Å². The van der Waals surface area contributed by atoms with Crippen molar-refractivity contribution in [3.8, 4) is 11.3 Å². The Labute approximate surface area is 143 Å². The Morgan fingerprint density at radius 3 is 3.04 bits per heavy atom. The molecule has 0 saturated heterocycles. The number of aromatic nitrogens is 1. The summed E-state index contributed by atoms with van der Waals surface area (Å²) in [6.45, 7) is 0. The zero-order valence-corrected chi connectivity index (χ0v) is 14.1. The van der Waals surface area contributed by atoms with Gasteiger partial charge in [-0.2, -0.15) is 0 Å². The van der Waals surface area contributed by atoms with Crippen LogP contribution in [0.5, 0.6) is 0 Å². The minimum absolute atomic E-state index is 0.113. The summed E-state index contributed by atoms with van der Waals surface area (Å²) in [7, 11) is 0. The van der Waals surface area contributed by atoms with E-state index in [0.717, 1.165) is 17.5 Å². The Bertz CT molecular complexity index is 919. The number of amides is 1. The molecular weight excluding hydrogens is 383 g/mol. The lowest BCUT2D eigenvalue weighted by atomic mass is 9.95. The largest absolute Gasteiger partial charge is 0.355 e. The number of hydrogen-bond donors (Lipinski definition) is 1. The van der Waals surface area contributed by atoms with Crippen molar-refractivity contribution in [3.05, 3.63) is 56.1 Å². The van der Waals surface area contributed by atoms with Crippen molar-refractivity contribution in [1.82, 2.24) is 5.16 Å². The highest BCUT2D eigenvalue weighted by molar-refractivity contribution is 9.10. The van der Waals surface area contributed by atoms with Crippen molar-refractivity contribution >= 4 is 38.9 Å². The lowest BCUT2D eigenvalue weighted by molar-refractivity contribution is 0.101. The fourth-order valence-electron chi connectivity index (χ4n) is 2.68. The average molecular weight is 393 g/mol. The second-order valence-corrected chi connectivity index (χ2v) is 7.09. The molecule has 1 N–H and O–H groups in total. The molecule has 4 nitrogen and oxygen atoms in total. The third kappa shape index (κ3) is 2.49. The van der Waals surface area contributed by atoms with E-state index in [1.807, 2.05) is 11.4 Å². The van der Waals surface area contributed by atoms with E-state index in [0.29, 0.717) is 16.7 Å². The number of carbonyl (C=O) groups is 1. The van der Waals surface area contributed by atoms with E-state index in [1.54, 1.807) is 17.4 Å². The smallest absolute Gasteiger partial charge is 0.278 e. The number of anilines is 1. The average Bonchev–Trinajstić information content (AvgIpc) is 3.14. The van der Waals surface area contributed by atoms with Crippen LogP contribution in [0.25, 0.3) is 11.3 Å². The maximum absolute atomic E-state index is 13.9. The fourth-order valence-corrected chi connectivity index (χ4v) is 3.89. The van der Waals surface area contributed by atoms with E-state index < -0.39 is 11.7 Å². The van der Waals surface area contributed by atoms with Gasteiger partial charge < -0.3 is 9.84 Å². The molecule has 7 heteroatoms. The van der Waals surface area contributed by atoms with Gasteiger partial charge in [0.15, 0.2) is 11.5 Å². The molecule has 2 aromatic heterocycles. The van der Waals surface area contributed by atoms with Crippen molar-refractivity contribution in [3.63, 3.8) is 0 Å². The van der Waals surface area contributed by atoms with Crippen LogP contribution >= 0.6 is 27.3 Å². The second-order valence-electron chi connectivity index (χ2n) is 5.17. The van der Waals surface area contributed by atoms with Crippen LogP contribution in [0.15, 0.2) is 38.6 Å². The van der Waals surface area contributed by atoms with E-state index in [4.69, 9.17) is 4.52 Å². The van der Waals surface area contributed by atoms with Crippen LogP contribution in [0.2, 0.25) is 0 Å². The zero-order valence-electron chi connectivity index (χ0n) is 11.7. The molecule has 0 saturated carbocycles. The van der Waals surface area contributed by atoms with Gasteiger partial charge in [0.2, 0.25) is 0 Å². The normalized spacial score (nSPS) is 12.6. The molecule has 1 amide bonds. The van der Waals surface area contributed by atoms with Crippen molar-refractivity contribution in [1.29, 1.82) is 0 Å². The summed E-state index contributed by atoms with van der Waals surface area (Å²) in [5, 5.41) is 8.46. The van der Waals surface area contributed by atoms with Gasteiger partial charge in [0, 0.05) is 20.5 Å². The first-order chi connectivity index (χ1) is 11.1. The minimum Gasteiger partial charge on any atom is -0.355 e. The Hall–Kier alpha value is -1.99. The molecule has 116 valence electrons. The first-order valence-corrected chi connectivity index (χ1v) is 8.62. The summed E-state index contributed by atoms with van der Waals surface area (Å²) < 4.78 is 19.8.